The van der Waals surface area contributed by atoms with E-state index in [1.807, 2.05) is 6.92 Å². The minimum absolute atomic E-state index is 0.218. The molecule has 602 valence electrons. The molecule has 10 N–H and O–H groups in total. The molecule has 5 aliphatic heterocycles. The van der Waals surface area contributed by atoms with Crippen LogP contribution in [-0.4, -0.2) is 296 Å². The van der Waals surface area contributed by atoms with E-state index in [9.17, 15) is 78.6 Å². The predicted octanol–water partition coefficient (Wildman–Crippen LogP) is 1.06. The fourth-order valence-electron chi connectivity index (χ4n) is 12.1. The number of ether oxygens (including phenoxy) is 6. The zero-order valence-electron chi connectivity index (χ0n) is 62.8. The smallest absolute Gasteiger partial charge is 0.332 e. The molecule has 0 bridgehead atoms. The highest BCUT2D eigenvalue weighted by molar-refractivity contribution is 14.1. The number of aromatic nitrogens is 10. The average Bonchev–Trinajstić information content (AvgIpc) is 1.52. The molecule has 0 aromatic carbocycles. The van der Waals surface area contributed by atoms with Crippen LogP contribution in [0.1, 0.15) is 70.2 Å². The van der Waals surface area contributed by atoms with Crippen molar-refractivity contribution < 1.29 is 59.1 Å². The lowest BCUT2D eigenvalue weighted by atomic mass is 10.0. The number of methoxy groups -OCH3 is 1. The fraction of sp³-hybridized carbons (Fsp3) is 0.632. The van der Waals surface area contributed by atoms with Gasteiger partial charge in [-0.25, -0.2) is 24.0 Å². The van der Waals surface area contributed by atoms with Crippen LogP contribution in [-0.2, 0) is 35.5 Å². The molecule has 0 amide bonds. The second-order valence-corrected chi connectivity index (χ2v) is 55.0. The van der Waals surface area contributed by atoms with E-state index in [0.29, 0.717) is 19.3 Å². The molecule has 0 aliphatic carbocycles. The number of hydrogen-bond donors (Lipinski definition) is 10. The number of aliphatic hydroxyl groups excluding tert-OH is 6. The Bertz CT molecular complexity index is 4460. The second kappa shape index (κ2) is 38.4. The minimum atomic E-state index is -1.27. The Morgan fingerprint density at radius 2 is 0.720 bits per heavy atom. The van der Waals surface area contributed by atoms with Gasteiger partial charge in [-0.15, -0.1) is 65.9 Å². The van der Waals surface area contributed by atoms with Crippen LogP contribution in [0, 0.1) is 5.92 Å². The Morgan fingerprint density at radius 1 is 0.421 bits per heavy atom. The van der Waals surface area contributed by atoms with Crippen molar-refractivity contribution >= 4 is 104 Å². The van der Waals surface area contributed by atoms with Crippen LogP contribution >= 0.6 is 73.0 Å². The van der Waals surface area contributed by atoms with Crippen LogP contribution in [0.25, 0.3) is 0 Å². The summed E-state index contributed by atoms with van der Waals surface area (Å²) in [5.41, 5.74) is -5.02. The number of nitrogens with one attached hydrogen (secondary N) is 4. The zero-order chi connectivity index (χ0) is 80.5. The van der Waals surface area contributed by atoms with E-state index in [1.54, 1.807) is 0 Å². The SMILES string of the molecule is C=P(C)(C)CC[C@H]1OC(n2ccc(=O)[nH]c2=O)[C@H](Br)[C@@H]1O.C=P(C)(C)CC[C@H]1OC(n2ccc(=O)[nH]c2=O)[C@H](C)[C@@H]1O.C=P(C)(C)CC[C@H]1OC(n2ccc(=O)[nH]c2=O)[C@H](I)[C@@H]1O.C=P(C)(C)CC[C@H]1OC(n2ccc(=O)[nH]c2=O)[C@H](OC)[C@@H]1O.C=P(C)(C)CC[C@H]1OC(n2ccc(=O)n(C)c2=O)[C@H](O)[C@@H]1O. The standard InChI is InChI=1S/2C14H23N2O5P.C14H23N2O4P.C13H20BrN2O4P.C13H20IN2O4P/c1-20-12-11(18)9(6-8-22(2,3)4)21-13(12)16-7-5-10(17)15-14(16)19;1-15-10(17)5-7-16(14(15)20)13-12(19)11(18)9(21-13)6-8-22(2,3)4;1-9-12(18)10(6-8-21(2,3)4)20-13(9)16-7-5-11(17)15-14(16)19;2*1-21(2,3)7-5-8-11(18)10(14)12(20-8)16-6-4-9(17)15-13(16)19/h5,7,9,11-13,18H,2,6,8H2,1,3-4H3,(H,15,17,19);5,7,9,11-13,18-19H,2,6,8H2,1,3-4H3;5,7,9-10,12-13,18H,2,6,8H2,1,3-4H3,(H,15,17,19);2*4,6,8,10-12,18H,1,5,7H2,2-3H3,(H,15,17,19)/t2*9-,11-,12-,13?;9-,10-,12+,13?;2*8-,10-,11-,12?/m11111/s1. The van der Waals surface area contributed by atoms with Gasteiger partial charge in [0.15, 0.2) is 24.9 Å². The Kier molecular flexibility index (Phi) is 32.9. The number of alkyl halides is 2. The maximum Gasteiger partial charge on any atom is 0.332 e. The van der Waals surface area contributed by atoms with Crippen LogP contribution in [0.2, 0.25) is 0 Å². The lowest BCUT2D eigenvalue weighted by molar-refractivity contribution is -0.0541. The van der Waals surface area contributed by atoms with Gasteiger partial charge in [0.2, 0.25) is 0 Å². The van der Waals surface area contributed by atoms with Gasteiger partial charge in [-0.3, -0.25) is 71.3 Å². The van der Waals surface area contributed by atoms with E-state index in [-0.39, 0.29) is 28.2 Å². The number of nitrogens with zero attached hydrogens (tertiary/aromatic N) is 6. The van der Waals surface area contributed by atoms with Gasteiger partial charge in [-0.05, 0) is 130 Å². The molecular weight excluding hydrogens is 1670 g/mol. The summed E-state index contributed by atoms with van der Waals surface area (Å²) in [6.07, 6.45) is 24.1. The average molecular weight is 1780 g/mol. The summed E-state index contributed by atoms with van der Waals surface area (Å²) in [6, 6.07) is 6.28. The highest BCUT2D eigenvalue weighted by Crippen LogP contribution is 2.45. The Hall–Kier alpha value is -4.37. The third kappa shape index (κ3) is 26.1. The molecule has 20 atom stereocenters. The van der Waals surface area contributed by atoms with Crippen molar-refractivity contribution in [2.24, 2.45) is 13.0 Å². The lowest BCUT2D eigenvalue weighted by Gasteiger charge is -2.20. The van der Waals surface area contributed by atoms with Crippen molar-refractivity contribution in [2.45, 2.75) is 152 Å². The minimum Gasteiger partial charge on any atom is -0.390 e. The van der Waals surface area contributed by atoms with E-state index in [4.69, 9.17) is 28.4 Å². The van der Waals surface area contributed by atoms with Gasteiger partial charge in [0.05, 0.1) is 57.6 Å². The first-order chi connectivity index (χ1) is 49.4. The highest BCUT2D eigenvalue weighted by Gasteiger charge is 2.48. The number of aromatic amines is 4. The number of H-pyrrole nitrogens is 4. The number of rotatable bonds is 21. The molecule has 0 radical (unpaired) electrons. The maximum absolute atomic E-state index is 12.1. The molecular formula is C68H109BrIN10O22P5. The van der Waals surface area contributed by atoms with Crippen molar-refractivity contribution in [3.8, 4) is 0 Å². The second-order valence-electron chi connectivity index (χ2n) is 30.9. The summed E-state index contributed by atoms with van der Waals surface area (Å²) in [4.78, 5) is 124. The monoisotopic (exact) mass is 1780 g/mol. The molecule has 5 unspecified atom stereocenters. The molecule has 107 heavy (non-hydrogen) atoms. The first kappa shape index (κ1) is 91.5. The molecule has 5 fully saturated rings. The molecule has 10 rings (SSSR count). The first-order valence-electron chi connectivity index (χ1n) is 34.5. The summed E-state index contributed by atoms with van der Waals surface area (Å²) in [5, 5.41) is 61.6. The van der Waals surface area contributed by atoms with Crippen molar-refractivity contribution in [1.82, 2.24) is 47.3 Å². The molecule has 5 saturated heterocycles. The number of aliphatic hydroxyl groups is 6. The topological polar surface area (TPSA) is 440 Å². The van der Waals surface area contributed by atoms with Gasteiger partial charge in [-0.1, -0.05) is 45.4 Å². The Labute approximate surface area is 642 Å². The van der Waals surface area contributed by atoms with Crippen LogP contribution in [0.15, 0.2) is 109 Å². The van der Waals surface area contributed by atoms with E-state index in [2.05, 4.69) is 157 Å². The molecule has 5 aliphatic rings. The third-order valence-electron chi connectivity index (χ3n) is 18.3. The van der Waals surface area contributed by atoms with Gasteiger partial charge in [0, 0.05) is 81.4 Å². The van der Waals surface area contributed by atoms with Crippen LogP contribution in [0.4, 0.5) is 0 Å². The largest absolute Gasteiger partial charge is 0.390 e. The van der Waals surface area contributed by atoms with Crippen molar-refractivity contribution in [1.29, 1.82) is 0 Å². The van der Waals surface area contributed by atoms with E-state index in [1.165, 1.54) is 93.7 Å². The quantitative estimate of drug-likeness (QED) is 0.0279. The zero-order valence-corrected chi connectivity index (χ0v) is 71.0. The van der Waals surface area contributed by atoms with Crippen LogP contribution in [0.5, 0.6) is 0 Å². The fourth-order valence-corrected chi connectivity index (χ4v) is 18.6. The van der Waals surface area contributed by atoms with Crippen LogP contribution < -0.4 is 56.2 Å². The first-order valence-corrected chi connectivity index (χ1v) is 51.9. The van der Waals surface area contributed by atoms with Crippen LogP contribution in [0.3, 0.4) is 0 Å². The third-order valence-corrected chi connectivity index (χ3v) is 28.0. The molecule has 0 saturated carbocycles. The van der Waals surface area contributed by atoms with Gasteiger partial charge >= 0.3 is 28.4 Å². The van der Waals surface area contributed by atoms with Gasteiger partial charge < -0.3 is 59.1 Å². The Morgan fingerprint density at radius 3 is 1.10 bits per heavy atom. The number of halogens is 2. The summed E-state index contributed by atoms with van der Waals surface area (Å²) in [5.74, 6) is -0.218. The summed E-state index contributed by atoms with van der Waals surface area (Å²) >= 11 is 5.48. The molecule has 0 spiro atoms. The van der Waals surface area contributed by atoms with Gasteiger partial charge in [-0.2, -0.15) is 0 Å². The van der Waals surface area contributed by atoms with E-state index >= 15 is 0 Å². The van der Waals surface area contributed by atoms with Crippen molar-refractivity contribution in [3.63, 3.8) is 0 Å². The molecule has 39 heteroatoms. The highest BCUT2D eigenvalue weighted by atomic mass is 127. The maximum atomic E-state index is 12.1. The molecule has 32 nitrogen and oxygen atoms in total. The van der Waals surface area contributed by atoms with E-state index < -0.39 is 182 Å². The lowest BCUT2D eigenvalue weighted by Crippen LogP contribution is -2.41. The summed E-state index contributed by atoms with van der Waals surface area (Å²) in [6.45, 7) is 17.0. The number of hydrogen-bond acceptors (Lipinski definition) is 22. The normalized spacial score (nSPS) is 29.4. The summed E-state index contributed by atoms with van der Waals surface area (Å²) < 4.78 is 41.4. The van der Waals surface area contributed by atoms with Gasteiger partial charge in [0.1, 0.15) is 30.6 Å². The molecule has 10 heterocycles. The Balaban J connectivity index is 0.000000209. The predicted molar refractivity (Wildman–Crippen MR) is 444 cm³/mol. The molecule has 5 aromatic rings. The van der Waals surface area contributed by atoms with Crippen molar-refractivity contribution in [2.75, 3.05) is 105 Å². The van der Waals surface area contributed by atoms with Crippen molar-refractivity contribution in [3.05, 3.63) is 166 Å². The van der Waals surface area contributed by atoms with Gasteiger partial charge in [0.25, 0.3) is 27.8 Å². The van der Waals surface area contributed by atoms with E-state index in [0.717, 1.165) is 52.8 Å². The molecule has 5 aromatic heterocycles. The summed E-state index contributed by atoms with van der Waals surface area (Å²) in [7, 11) is 2.81.